The van der Waals surface area contributed by atoms with Gasteiger partial charge in [0.05, 0.1) is 32.8 Å². The Labute approximate surface area is 172 Å². The molecule has 1 aliphatic rings. The Bertz CT molecular complexity index is 829. The van der Waals surface area contributed by atoms with E-state index in [-0.39, 0.29) is 24.5 Å². The first kappa shape index (κ1) is 21.1. The number of rotatable bonds is 7. The van der Waals surface area contributed by atoms with E-state index in [4.69, 9.17) is 14.2 Å². The molecule has 29 heavy (non-hydrogen) atoms. The Kier molecular flexibility index (Phi) is 7.12. The van der Waals surface area contributed by atoms with E-state index >= 15 is 0 Å². The van der Waals surface area contributed by atoms with Crippen molar-refractivity contribution in [3.63, 3.8) is 0 Å². The molecule has 1 heterocycles. The third-order valence-electron chi connectivity index (χ3n) is 5.03. The van der Waals surface area contributed by atoms with Crippen molar-refractivity contribution >= 4 is 11.6 Å². The van der Waals surface area contributed by atoms with E-state index in [0.717, 1.165) is 36.4 Å². The van der Waals surface area contributed by atoms with Gasteiger partial charge in [-0.15, -0.1) is 0 Å². The summed E-state index contributed by atoms with van der Waals surface area (Å²) in [4.78, 5) is 15.1. The Morgan fingerprint density at radius 1 is 1.07 bits per heavy atom. The maximum absolute atomic E-state index is 12.7. The third kappa shape index (κ3) is 5.71. The molecule has 6 heteroatoms. The van der Waals surface area contributed by atoms with E-state index in [1.54, 1.807) is 20.3 Å². The lowest BCUT2D eigenvalue weighted by atomic mass is 10.1. The van der Waals surface area contributed by atoms with Crippen molar-refractivity contribution in [2.45, 2.75) is 39.0 Å². The molecule has 0 bridgehead atoms. The van der Waals surface area contributed by atoms with Gasteiger partial charge in [-0.2, -0.15) is 0 Å². The molecule has 2 unspecified atom stereocenters. The predicted octanol–water partition coefficient (Wildman–Crippen LogP) is 3.49. The number of anilines is 1. The maximum atomic E-state index is 12.7. The zero-order valence-corrected chi connectivity index (χ0v) is 17.6. The Hall–Kier alpha value is -2.57. The number of amides is 1. The number of benzene rings is 2. The van der Waals surface area contributed by atoms with Gasteiger partial charge >= 0.3 is 0 Å². The second-order valence-corrected chi connectivity index (χ2v) is 7.51. The van der Waals surface area contributed by atoms with E-state index in [1.165, 1.54) is 0 Å². The summed E-state index contributed by atoms with van der Waals surface area (Å²) < 4.78 is 16.4. The smallest absolute Gasteiger partial charge is 0.228 e. The maximum Gasteiger partial charge on any atom is 0.228 e. The fourth-order valence-electron chi connectivity index (χ4n) is 3.80. The Balaban J connectivity index is 1.68. The van der Waals surface area contributed by atoms with E-state index in [0.29, 0.717) is 11.5 Å². The number of hydrogen-bond donors (Lipinski definition) is 1. The van der Waals surface area contributed by atoms with Crippen molar-refractivity contribution in [1.29, 1.82) is 0 Å². The number of nitrogens with zero attached hydrogens (tertiary/aromatic N) is 1. The summed E-state index contributed by atoms with van der Waals surface area (Å²) in [5.41, 5.74) is 2.76. The van der Waals surface area contributed by atoms with E-state index in [9.17, 15) is 4.79 Å². The molecule has 6 nitrogen and oxygen atoms in total. The summed E-state index contributed by atoms with van der Waals surface area (Å²) in [7, 11) is 3.20. The van der Waals surface area contributed by atoms with Crippen LogP contribution in [0.2, 0.25) is 0 Å². The van der Waals surface area contributed by atoms with Crippen LogP contribution < -0.4 is 14.8 Å². The molecular weight excluding hydrogens is 368 g/mol. The zero-order valence-electron chi connectivity index (χ0n) is 17.6. The molecule has 2 atom stereocenters. The highest BCUT2D eigenvalue weighted by atomic mass is 16.5. The minimum Gasteiger partial charge on any atom is -0.497 e. The molecule has 0 saturated carbocycles. The van der Waals surface area contributed by atoms with E-state index in [1.807, 2.05) is 30.3 Å². The minimum atomic E-state index is -0.0790. The molecule has 3 rings (SSSR count). The number of ether oxygens (including phenoxy) is 3. The third-order valence-corrected chi connectivity index (χ3v) is 5.03. The molecular formula is C23H30N2O4. The van der Waals surface area contributed by atoms with Gasteiger partial charge in [0.1, 0.15) is 11.5 Å². The van der Waals surface area contributed by atoms with Gasteiger partial charge in [0.2, 0.25) is 5.91 Å². The molecule has 0 aromatic heterocycles. The molecule has 1 N–H and O–H groups in total. The summed E-state index contributed by atoms with van der Waals surface area (Å²) in [6.45, 7) is 6.74. The van der Waals surface area contributed by atoms with Crippen LogP contribution in [0.5, 0.6) is 11.5 Å². The summed E-state index contributed by atoms with van der Waals surface area (Å²) in [6, 6.07) is 13.4. The van der Waals surface area contributed by atoms with Crippen LogP contribution in [0.15, 0.2) is 42.5 Å². The van der Waals surface area contributed by atoms with Crippen molar-refractivity contribution in [3.8, 4) is 11.5 Å². The topological polar surface area (TPSA) is 60.0 Å². The van der Waals surface area contributed by atoms with Crippen LogP contribution in [0, 0.1) is 0 Å². The monoisotopic (exact) mass is 398 g/mol. The van der Waals surface area contributed by atoms with Crippen molar-refractivity contribution < 1.29 is 19.0 Å². The molecule has 0 aliphatic carbocycles. The zero-order chi connectivity index (χ0) is 20.8. The molecule has 2 aromatic carbocycles. The second-order valence-electron chi connectivity index (χ2n) is 7.51. The highest BCUT2D eigenvalue weighted by Gasteiger charge is 2.23. The first-order valence-electron chi connectivity index (χ1n) is 9.95. The minimum absolute atomic E-state index is 0.0790. The van der Waals surface area contributed by atoms with Crippen LogP contribution >= 0.6 is 0 Å². The first-order valence-corrected chi connectivity index (χ1v) is 9.95. The Morgan fingerprint density at radius 3 is 2.48 bits per heavy atom. The summed E-state index contributed by atoms with van der Waals surface area (Å²) in [5, 5.41) is 3.07. The van der Waals surface area contributed by atoms with Crippen LogP contribution in [0.3, 0.4) is 0 Å². The molecule has 156 valence electrons. The first-order chi connectivity index (χ1) is 14.0. The van der Waals surface area contributed by atoms with Crippen LogP contribution in [0.1, 0.15) is 25.0 Å². The van der Waals surface area contributed by atoms with Crippen molar-refractivity contribution in [2.24, 2.45) is 0 Å². The molecule has 0 spiro atoms. The molecule has 1 amide bonds. The fraction of sp³-hybridized carbons (Fsp3) is 0.435. The lowest BCUT2D eigenvalue weighted by Gasteiger charge is -2.35. The SMILES string of the molecule is COc1ccc(CC(=O)Nc2ccccc2CN2CC(C)OC(C)C2)c(OC)c1. The summed E-state index contributed by atoms with van der Waals surface area (Å²) >= 11 is 0. The van der Waals surface area contributed by atoms with Gasteiger partial charge in [0, 0.05) is 37.0 Å². The van der Waals surface area contributed by atoms with Crippen molar-refractivity contribution in [1.82, 2.24) is 4.90 Å². The standard InChI is InChI=1S/C23H30N2O4/c1-16-13-25(14-17(2)29-16)15-19-7-5-6-8-21(19)24-23(26)11-18-9-10-20(27-3)12-22(18)28-4/h5-10,12,16-17H,11,13-15H2,1-4H3,(H,24,26). The van der Waals surface area contributed by atoms with Gasteiger partial charge in [-0.25, -0.2) is 0 Å². The number of morpholine rings is 1. The quantitative estimate of drug-likeness (QED) is 0.774. The van der Waals surface area contributed by atoms with Crippen molar-refractivity contribution in [3.05, 3.63) is 53.6 Å². The highest BCUT2D eigenvalue weighted by Crippen LogP contribution is 2.26. The van der Waals surface area contributed by atoms with Gasteiger partial charge in [-0.05, 0) is 31.5 Å². The molecule has 1 aliphatic heterocycles. The van der Waals surface area contributed by atoms with Crippen LogP contribution in [0.4, 0.5) is 5.69 Å². The van der Waals surface area contributed by atoms with Gasteiger partial charge in [0.25, 0.3) is 0 Å². The van der Waals surface area contributed by atoms with E-state index in [2.05, 4.69) is 30.1 Å². The number of methoxy groups -OCH3 is 2. The predicted molar refractivity (Wildman–Crippen MR) is 114 cm³/mol. The molecule has 1 fully saturated rings. The number of carbonyl (C=O) groups excluding carboxylic acids is 1. The lowest BCUT2D eigenvalue weighted by Crippen LogP contribution is -2.44. The highest BCUT2D eigenvalue weighted by molar-refractivity contribution is 5.93. The average molecular weight is 399 g/mol. The summed E-state index contributed by atoms with van der Waals surface area (Å²) in [6.07, 6.45) is 0.652. The number of carbonyl (C=O) groups is 1. The second kappa shape index (κ2) is 9.76. The van der Waals surface area contributed by atoms with Gasteiger partial charge in [0.15, 0.2) is 0 Å². The van der Waals surface area contributed by atoms with E-state index < -0.39 is 0 Å². The molecule has 2 aromatic rings. The van der Waals surface area contributed by atoms with Gasteiger partial charge in [-0.1, -0.05) is 24.3 Å². The number of para-hydroxylation sites is 1. The van der Waals surface area contributed by atoms with Gasteiger partial charge < -0.3 is 19.5 Å². The Morgan fingerprint density at radius 2 is 1.79 bits per heavy atom. The normalized spacial score (nSPS) is 19.6. The molecule has 1 saturated heterocycles. The number of hydrogen-bond acceptors (Lipinski definition) is 5. The van der Waals surface area contributed by atoms with Gasteiger partial charge in [-0.3, -0.25) is 9.69 Å². The molecule has 0 radical (unpaired) electrons. The lowest BCUT2D eigenvalue weighted by molar-refractivity contribution is -0.115. The largest absolute Gasteiger partial charge is 0.497 e. The average Bonchev–Trinajstić information content (AvgIpc) is 2.69. The van der Waals surface area contributed by atoms with Crippen molar-refractivity contribution in [2.75, 3.05) is 32.6 Å². The fourth-order valence-corrected chi connectivity index (χ4v) is 3.80. The van der Waals surface area contributed by atoms with Crippen LogP contribution in [-0.4, -0.2) is 50.3 Å². The van der Waals surface area contributed by atoms with Crippen LogP contribution in [-0.2, 0) is 22.5 Å². The van der Waals surface area contributed by atoms with Crippen LogP contribution in [0.25, 0.3) is 0 Å². The summed E-state index contributed by atoms with van der Waals surface area (Å²) in [5.74, 6) is 1.26. The number of nitrogens with one attached hydrogen (secondary N) is 1.